The summed E-state index contributed by atoms with van der Waals surface area (Å²) in [5.41, 5.74) is 8.71. The van der Waals surface area contributed by atoms with Crippen LogP contribution in [0.25, 0.3) is 0 Å². The Morgan fingerprint density at radius 3 is 2.22 bits per heavy atom. The van der Waals surface area contributed by atoms with Gasteiger partial charge in [-0.3, -0.25) is 9.88 Å². The molecule has 0 saturated heterocycles. The van der Waals surface area contributed by atoms with Gasteiger partial charge in [0.15, 0.2) is 0 Å². The van der Waals surface area contributed by atoms with E-state index in [2.05, 4.69) is 84.2 Å². The minimum absolute atomic E-state index is 0.213. The molecule has 0 bridgehead atoms. The van der Waals surface area contributed by atoms with Gasteiger partial charge in [-0.15, -0.1) is 0 Å². The van der Waals surface area contributed by atoms with Crippen molar-refractivity contribution in [3.8, 4) is 6.07 Å². The smallest absolute Gasteiger partial charge is 0.123 e. The van der Waals surface area contributed by atoms with Crippen LogP contribution in [-0.4, -0.2) is 23.5 Å². The van der Waals surface area contributed by atoms with Gasteiger partial charge in [-0.05, 0) is 79.9 Å². The van der Waals surface area contributed by atoms with Crippen LogP contribution in [0, 0.1) is 31.0 Å². The van der Waals surface area contributed by atoms with E-state index in [9.17, 15) is 9.65 Å². The summed E-state index contributed by atoms with van der Waals surface area (Å²) >= 11 is 0. The molecule has 0 aliphatic carbocycles. The summed E-state index contributed by atoms with van der Waals surface area (Å²) < 4.78 is 13.3. The highest BCUT2D eigenvalue weighted by Crippen LogP contribution is 2.25. The zero-order valence-corrected chi connectivity index (χ0v) is 21.8. The van der Waals surface area contributed by atoms with Crippen LogP contribution in [0.1, 0.15) is 39.1 Å². The molecular weight excluding hydrogens is 459 g/mol. The van der Waals surface area contributed by atoms with Crippen LogP contribution < -0.4 is 4.90 Å². The molecule has 0 radical (unpaired) electrons. The lowest BCUT2D eigenvalue weighted by Gasteiger charge is -2.28. The molecule has 0 aliphatic heterocycles. The molecule has 1 aromatic heterocycles. The topological polar surface area (TPSA) is 43.2 Å². The molecule has 4 nitrogen and oxygen atoms in total. The fraction of sp³-hybridized carbons (Fsp3) is 0.250. The maximum atomic E-state index is 13.3. The van der Waals surface area contributed by atoms with E-state index in [0.29, 0.717) is 12.1 Å². The monoisotopic (exact) mass is 492 g/mol. The van der Waals surface area contributed by atoms with Gasteiger partial charge in [0.2, 0.25) is 0 Å². The molecule has 0 spiro atoms. The molecule has 37 heavy (non-hydrogen) atoms. The van der Waals surface area contributed by atoms with E-state index < -0.39 is 0 Å². The lowest BCUT2D eigenvalue weighted by atomic mass is 10.1. The fourth-order valence-electron chi connectivity index (χ4n) is 4.50. The number of aromatic nitrogens is 1. The maximum Gasteiger partial charge on any atom is 0.123 e. The highest BCUT2D eigenvalue weighted by molar-refractivity contribution is 5.55. The van der Waals surface area contributed by atoms with E-state index in [1.165, 1.54) is 40.1 Å². The van der Waals surface area contributed by atoms with Gasteiger partial charge in [0, 0.05) is 31.5 Å². The number of pyridine rings is 1. The van der Waals surface area contributed by atoms with Gasteiger partial charge < -0.3 is 4.90 Å². The van der Waals surface area contributed by atoms with Crippen molar-refractivity contribution in [1.29, 1.82) is 5.26 Å². The molecule has 0 amide bonds. The quantitative estimate of drug-likeness (QED) is 0.250. The molecule has 3 aromatic carbocycles. The molecule has 5 heteroatoms. The molecule has 0 fully saturated rings. The Balaban J connectivity index is 1.55. The summed E-state index contributed by atoms with van der Waals surface area (Å²) in [6, 6.07) is 27.8. The number of aryl methyl sites for hydroxylation is 2. The lowest BCUT2D eigenvalue weighted by molar-refractivity contribution is 0.319. The Kier molecular flexibility index (Phi) is 8.66. The molecular formula is C32H33FN4. The van der Waals surface area contributed by atoms with Gasteiger partial charge in [0.05, 0.1) is 23.9 Å². The van der Waals surface area contributed by atoms with Crippen molar-refractivity contribution in [2.24, 2.45) is 0 Å². The van der Waals surface area contributed by atoms with Gasteiger partial charge in [-0.1, -0.05) is 54.1 Å². The second kappa shape index (κ2) is 12.3. The van der Waals surface area contributed by atoms with Gasteiger partial charge in [0.25, 0.3) is 0 Å². The maximum absolute atomic E-state index is 13.3. The van der Waals surface area contributed by atoms with E-state index in [1.54, 1.807) is 12.3 Å². The molecule has 4 aromatic rings. The Hall–Kier alpha value is -4.01. The first-order chi connectivity index (χ1) is 17.9. The summed E-state index contributed by atoms with van der Waals surface area (Å²) in [4.78, 5) is 9.14. The van der Waals surface area contributed by atoms with Crippen molar-refractivity contribution in [3.63, 3.8) is 0 Å². The second-order valence-corrected chi connectivity index (χ2v) is 9.72. The third kappa shape index (κ3) is 7.49. The van der Waals surface area contributed by atoms with Crippen LogP contribution in [0.3, 0.4) is 0 Å². The van der Waals surface area contributed by atoms with Crippen molar-refractivity contribution in [2.45, 2.75) is 39.9 Å². The number of anilines is 1. The minimum Gasteiger partial charge on any atom is -0.365 e. The molecule has 0 saturated carbocycles. The Morgan fingerprint density at radius 2 is 1.49 bits per heavy atom. The molecule has 0 atom stereocenters. The van der Waals surface area contributed by atoms with E-state index in [0.717, 1.165) is 37.3 Å². The third-order valence-corrected chi connectivity index (χ3v) is 6.52. The van der Waals surface area contributed by atoms with Crippen LogP contribution in [0.2, 0.25) is 0 Å². The van der Waals surface area contributed by atoms with Gasteiger partial charge in [-0.2, -0.15) is 5.26 Å². The van der Waals surface area contributed by atoms with Crippen molar-refractivity contribution in [1.82, 2.24) is 9.88 Å². The number of benzene rings is 3. The second-order valence-electron chi connectivity index (χ2n) is 9.72. The number of nitrogens with zero attached hydrogens (tertiary/aromatic N) is 4. The molecule has 188 valence electrons. The third-order valence-electron chi connectivity index (χ3n) is 6.52. The standard InChI is InChI=1S/C32H33FN4/c1-24-4-7-26(8-5-24)15-17-37(23-31-18-28(20-34)14-16-35-31)32-19-29(9-6-25(32)2)22-36(3)21-27-10-12-30(33)13-11-27/h4-14,16,18-19H,15,17,21-23H2,1-3H3. The SMILES string of the molecule is Cc1ccc(CCN(Cc2cc(C#N)ccn2)c2cc(CN(C)Cc3ccc(F)cc3)ccc2C)cc1. The molecule has 0 aliphatic rings. The van der Waals surface area contributed by atoms with Gasteiger partial charge in [-0.25, -0.2) is 4.39 Å². The summed E-state index contributed by atoms with van der Waals surface area (Å²) in [5, 5.41) is 9.36. The summed E-state index contributed by atoms with van der Waals surface area (Å²) in [6.07, 6.45) is 2.62. The number of rotatable bonds is 10. The van der Waals surface area contributed by atoms with E-state index in [-0.39, 0.29) is 5.82 Å². The normalized spacial score (nSPS) is 10.9. The van der Waals surface area contributed by atoms with E-state index in [1.807, 2.05) is 18.2 Å². The van der Waals surface area contributed by atoms with Gasteiger partial charge in [0.1, 0.15) is 5.82 Å². The Labute approximate surface area is 219 Å². The predicted molar refractivity (Wildman–Crippen MR) is 148 cm³/mol. The van der Waals surface area contributed by atoms with Crippen molar-refractivity contribution < 1.29 is 4.39 Å². The lowest BCUT2D eigenvalue weighted by Crippen LogP contribution is -2.27. The average Bonchev–Trinajstić information content (AvgIpc) is 2.90. The fourth-order valence-corrected chi connectivity index (χ4v) is 4.50. The van der Waals surface area contributed by atoms with Crippen molar-refractivity contribution in [2.75, 3.05) is 18.5 Å². The number of hydrogen-bond acceptors (Lipinski definition) is 4. The van der Waals surface area contributed by atoms with Crippen LogP contribution in [0.15, 0.2) is 85.1 Å². The molecule has 1 heterocycles. The Bertz CT molecular complexity index is 1360. The zero-order chi connectivity index (χ0) is 26.2. The minimum atomic E-state index is -0.213. The van der Waals surface area contributed by atoms with E-state index >= 15 is 0 Å². The average molecular weight is 493 g/mol. The first-order valence-corrected chi connectivity index (χ1v) is 12.6. The first kappa shape index (κ1) is 26.1. The molecule has 0 unspecified atom stereocenters. The number of halogens is 1. The summed E-state index contributed by atoms with van der Waals surface area (Å²) in [5.74, 6) is -0.213. The van der Waals surface area contributed by atoms with Crippen molar-refractivity contribution >= 4 is 5.69 Å². The van der Waals surface area contributed by atoms with Gasteiger partial charge >= 0.3 is 0 Å². The molecule has 4 rings (SSSR count). The molecule has 0 N–H and O–H groups in total. The van der Waals surface area contributed by atoms with E-state index in [4.69, 9.17) is 0 Å². The largest absolute Gasteiger partial charge is 0.365 e. The number of hydrogen-bond donors (Lipinski definition) is 0. The summed E-state index contributed by atoms with van der Waals surface area (Å²) in [6.45, 7) is 7.21. The van der Waals surface area contributed by atoms with Crippen LogP contribution in [0.5, 0.6) is 0 Å². The zero-order valence-electron chi connectivity index (χ0n) is 21.8. The highest BCUT2D eigenvalue weighted by Gasteiger charge is 2.14. The van der Waals surface area contributed by atoms with Crippen LogP contribution in [0.4, 0.5) is 10.1 Å². The number of nitriles is 1. The predicted octanol–water partition coefficient (Wildman–Crippen LogP) is 6.59. The first-order valence-electron chi connectivity index (χ1n) is 12.6. The summed E-state index contributed by atoms with van der Waals surface area (Å²) in [7, 11) is 2.08. The highest BCUT2D eigenvalue weighted by atomic mass is 19.1. The van der Waals surface area contributed by atoms with Crippen molar-refractivity contribution in [3.05, 3.63) is 130 Å². The Morgan fingerprint density at radius 1 is 0.811 bits per heavy atom. The van der Waals surface area contributed by atoms with Crippen LogP contribution in [-0.2, 0) is 26.1 Å². The van der Waals surface area contributed by atoms with Crippen LogP contribution >= 0.6 is 0 Å².